The second-order valence-electron chi connectivity index (χ2n) is 5.41. The first kappa shape index (κ1) is 16.1. The lowest BCUT2D eigenvalue weighted by Crippen LogP contribution is -2.49. The van der Waals surface area contributed by atoms with Crippen LogP contribution in [0.4, 0.5) is 10.5 Å². The number of piperazine rings is 1. The number of nitrogens with one attached hydrogen (secondary N) is 1. The third kappa shape index (κ3) is 3.61. The van der Waals surface area contributed by atoms with E-state index >= 15 is 0 Å². The Kier molecular flexibility index (Phi) is 4.77. The van der Waals surface area contributed by atoms with Crippen LogP contribution in [0.1, 0.15) is 6.42 Å². The van der Waals surface area contributed by atoms with Crippen molar-refractivity contribution in [3.05, 3.63) is 29.3 Å². The van der Waals surface area contributed by atoms with Crippen molar-refractivity contribution in [3.8, 4) is 0 Å². The van der Waals surface area contributed by atoms with Crippen LogP contribution in [-0.2, 0) is 9.59 Å². The zero-order chi connectivity index (χ0) is 16.4. The highest BCUT2D eigenvalue weighted by Gasteiger charge is 2.35. The van der Waals surface area contributed by atoms with E-state index in [0.29, 0.717) is 31.2 Å². The molecule has 2 aliphatic rings. The van der Waals surface area contributed by atoms with E-state index < -0.39 is 5.25 Å². The Morgan fingerprint density at radius 1 is 1.22 bits per heavy atom. The topological polar surface area (TPSA) is 69.7 Å². The van der Waals surface area contributed by atoms with Gasteiger partial charge in [-0.15, -0.1) is 0 Å². The lowest BCUT2D eigenvalue weighted by Gasteiger charge is -2.36. The minimum atomic E-state index is -0.600. The van der Waals surface area contributed by atoms with Gasteiger partial charge in [0.05, 0.1) is 10.7 Å². The van der Waals surface area contributed by atoms with Crippen molar-refractivity contribution in [1.82, 2.24) is 10.2 Å². The number of halogens is 1. The van der Waals surface area contributed by atoms with E-state index in [1.807, 2.05) is 24.3 Å². The third-order valence-electron chi connectivity index (χ3n) is 3.95. The van der Waals surface area contributed by atoms with Gasteiger partial charge in [-0.3, -0.25) is 19.7 Å². The summed E-state index contributed by atoms with van der Waals surface area (Å²) in [7, 11) is 0. The maximum Gasteiger partial charge on any atom is 0.286 e. The Labute approximate surface area is 143 Å². The summed E-state index contributed by atoms with van der Waals surface area (Å²) in [5.41, 5.74) is 0.970. The van der Waals surface area contributed by atoms with Crippen molar-refractivity contribution < 1.29 is 14.4 Å². The zero-order valence-corrected chi connectivity index (χ0v) is 13.9. The summed E-state index contributed by atoms with van der Waals surface area (Å²) >= 11 is 7.09. The van der Waals surface area contributed by atoms with Gasteiger partial charge in [0.1, 0.15) is 5.25 Å². The monoisotopic (exact) mass is 353 g/mol. The van der Waals surface area contributed by atoms with Gasteiger partial charge >= 0.3 is 0 Å². The summed E-state index contributed by atoms with van der Waals surface area (Å²) in [4.78, 5) is 38.9. The van der Waals surface area contributed by atoms with Crippen LogP contribution in [0.15, 0.2) is 24.3 Å². The minimum absolute atomic E-state index is 0.0638. The van der Waals surface area contributed by atoms with Crippen LogP contribution in [0.2, 0.25) is 5.02 Å². The number of hydrogen-bond acceptors (Lipinski definition) is 5. The van der Waals surface area contributed by atoms with Crippen LogP contribution in [0, 0.1) is 0 Å². The Balaban J connectivity index is 1.54. The maximum absolute atomic E-state index is 12.3. The molecule has 122 valence electrons. The molecule has 1 aromatic rings. The number of para-hydroxylation sites is 1. The van der Waals surface area contributed by atoms with Crippen molar-refractivity contribution in [2.75, 3.05) is 31.1 Å². The minimum Gasteiger partial charge on any atom is -0.367 e. The number of anilines is 1. The predicted octanol–water partition coefficient (Wildman–Crippen LogP) is 1.73. The van der Waals surface area contributed by atoms with Crippen LogP contribution in [0.3, 0.4) is 0 Å². The molecule has 2 saturated heterocycles. The van der Waals surface area contributed by atoms with Crippen molar-refractivity contribution in [2.45, 2.75) is 11.7 Å². The van der Waals surface area contributed by atoms with Crippen LogP contribution in [0.5, 0.6) is 0 Å². The summed E-state index contributed by atoms with van der Waals surface area (Å²) < 4.78 is 0. The van der Waals surface area contributed by atoms with Crippen LogP contribution < -0.4 is 10.2 Å². The van der Waals surface area contributed by atoms with Gasteiger partial charge in [-0.25, -0.2) is 0 Å². The summed E-state index contributed by atoms with van der Waals surface area (Å²) in [6.07, 6.45) is 0.0638. The fraction of sp³-hybridized carbons (Fsp3) is 0.400. The fourth-order valence-electron chi connectivity index (χ4n) is 2.72. The van der Waals surface area contributed by atoms with Crippen LogP contribution in [-0.4, -0.2) is 53.4 Å². The molecule has 2 heterocycles. The summed E-state index contributed by atoms with van der Waals surface area (Å²) in [6.45, 7) is 2.55. The smallest absolute Gasteiger partial charge is 0.286 e. The van der Waals surface area contributed by atoms with E-state index in [9.17, 15) is 14.4 Å². The van der Waals surface area contributed by atoms with E-state index in [2.05, 4.69) is 10.2 Å². The normalized spacial score (nSPS) is 21.5. The van der Waals surface area contributed by atoms with Crippen molar-refractivity contribution >= 4 is 46.1 Å². The van der Waals surface area contributed by atoms with E-state index in [1.165, 1.54) is 0 Å². The summed E-state index contributed by atoms with van der Waals surface area (Å²) in [5.74, 6) is -0.464. The molecule has 0 aromatic heterocycles. The van der Waals surface area contributed by atoms with Crippen LogP contribution in [0.25, 0.3) is 0 Å². The SMILES string of the molecule is O=C1NC(=O)[C@@H](CC(=O)N2CCN(c3ccccc3Cl)CC2)S1. The molecular formula is C15H16ClN3O3S. The van der Waals surface area contributed by atoms with E-state index in [4.69, 9.17) is 11.6 Å². The second-order valence-corrected chi connectivity index (χ2v) is 6.99. The summed E-state index contributed by atoms with van der Waals surface area (Å²) in [6, 6.07) is 7.63. The summed E-state index contributed by atoms with van der Waals surface area (Å²) in [5, 5.41) is 1.92. The van der Waals surface area contributed by atoms with Gasteiger partial charge in [0, 0.05) is 32.6 Å². The van der Waals surface area contributed by atoms with Gasteiger partial charge in [-0.2, -0.15) is 0 Å². The average Bonchev–Trinajstić information content (AvgIpc) is 2.85. The lowest BCUT2D eigenvalue weighted by atomic mass is 10.2. The molecule has 23 heavy (non-hydrogen) atoms. The number of imide groups is 1. The Bertz CT molecular complexity index is 647. The van der Waals surface area contributed by atoms with Gasteiger partial charge in [-0.1, -0.05) is 35.5 Å². The van der Waals surface area contributed by atoms with E-state index in [0.717, 1.165) is 17.4 Å². The molecule has 8 heteroatoms. The molecule has 1 aromatic carbocycles. The Hall–Kier alpha value is -1.73. The predicted molar refractivity (Wildman–Crippen MR) is 89.8 cm³/mol. The number of carbonyl (C=O) groups excluding carboxylic acids is 3. The molecular weight excluding hydrogens is 338 g/mol. The molecule has 1 N–H and O–H groups in total. The zero-order valence-electron chi connectivity index (χ0n) is 12.3. The molecule has 0 saturated carbocycles. The molecule has 0 spiro atoms. The van der Waals surface area contributed by atoms with Gasteiger partial charge in [0.25, 0.3) is 5.24 Å². The number of nitrogens with zero attached hydrogens (tertiary/aromatic N) is 2. The van der Waals surface area contributed by atoms with Crippen molar-refractivity contribution in [2.24, 2.45) is 0 Å². The molecule has 0 aliphatic carbocycles. The number of benzene rings is 1. The number of rotatable bonds is 3. The average molecular weight is 354 g/mol. The molecule has 0 unspecified atom stereocenters. The number of carbonyl (C=O) groups is 3. The number of hydrogen-bond donors (Lipinski definition) is 1. The van der Waals surface area contributed by atoms with Gasteiger partial charge < -0.3 is 9.80 Å². The Morgan fingerprint density at radius 3 is 2.52 bits per heavy atom. The largest absolute Gasteiger partial charge is 0.367 e. The van der Waals surface area contributed by atoms with Crippen molar-refractivity contribution in [3.63, 3.8) is 0 Å². The molecule has 1 atom stereocenters. The fourth-order valence-corrected chi connectivity index (χ4v) is 3.79. The number of amides is 3. The van der Waals surface area contributed by atoms with Gasteiger partial charge in [-0.05, 0) is 12.1 Å². The first-order valence-electron chi connectivity index (χ1n) is 7.33. The highest BCUT2D eigenvalue weighted by atomic mass is 35.5. The third-order valence-corrected chi connectivity index (χ3v) is 5.25. The highest BCUT2D eigenvalue weighted by molar-refractivity contribution is 8.15. The van der Waals surface area contributed by atoms with Crippen LogP contribution >= 0.6 is 23.4 Å². The Morgan fingerprint density at radius 2 is 1.91 bits per heavy atom. The quantitative estimate of drug-likeness (QED) is 0.896. The van der Waals surface area contributed by atoms with Gasteiger partial charge in [0.15, 0.2) is 0 Å². The first-order chi connectivity index (χ1) is 11.0. The highest BCUT2D eigenvalue weighted by Crippen LogP contribution is 2.27. The standard InChI is InChI=1S/C15H16ClN3O3S/c16-10-3-1-2-4-11(10)18-5-7-19(8-6-18)13(20)9-12-14(21)17-15(22)23-12/h1-4,12H,5-9H2,(H,17,21,22)/t12-/m1/s1. The second kappa shape index (κ2) is 6.80. The van der Waals surface area contributed by atoms with Gasteiger partial charge in [0.2, 0.25) is 11.8 Å². The lowest BCUT2D eigenvalue weighted by molar-refractivity contribution is -0.133. The van der Waals surface area contributed by atoms with E-state index in [1.54, 1.807) is 4.90 Å². The molecule has 2 aliphatic heterocycles. The molecule has 0 radical (unpaired) electrons. The molecule has 3 amide bonds. The molecule has 2 fully saturated rings. The maximum atomic E-state index is 12.3. The molecule has 6 nitrogen and oxygen atoms in total. The molecule has 3 rings (SSSR count). The van der Waals surface area contributed by atoms with Crippen molar-refractivity contribution in [1.29, 1.82) is 0 Å². The first-order valence-corrected chi connectivity index (χ1v) is 8.59. The number of thioether (sulfide) groups is 1. The van der Waals surface area contributed by atoms with E-state index in [-0.39, 0.29) is 23.5 Å². The molecule has 0 bridgehead atoms.